The fourth-order valence-corrected chi connectivity index (χ4v) is 8.20. The smallest absolute Gasteiger partial charge is 0.220 e. The first-order valence-corrected chi connectivity index (χ1v) is 26.1. The van der Waals surface area contributed by atoms with Crippen LogP contribution in [0.5, 0.6) is 0 Å². The first-order chi connectivity index (χ1) is 28.2. The van der Waals surface area contributed by atoms with Crippen molar-refractivity contribution in [1.29, 1.82) is 0 Å². The molecule has 0 rings (SSSR count). The molecule has 2 atom stereocenters. The van der Waals surface area contributed by atoms with Crippen molar-refractivity contribution in [2.24, 2.45) is 0 Å². The number of hydrogen-bond donors (Lipinski definition) is 3. The lowest BCUT2D eigenvalue weighted by molar-refractivity contribution is -0.123. The average molecular weight is 802 g/mol. The van der Waals surface area contributed by atoms with Crippen LogP contribution in [0.1, 0.15) is 290 Å². The van der Waals surface area contributed by atoms with Gasteiger partial charge >= 0.3 is 0 Å². The fraction of sp³-hybridized carbons (Fsp3) is 0.906. The van der Waals surface area contributed by atoms with Gasteiger partial charge in [0.25, 0.3) is 0 Å². The number of rotatable bonds is 48. The van der Waals surface area contributed by atoms with Crippen LogP contribution in [-0.4, -0.2) is 34.9 Å². The molecule has 0 aliphatic carbocycles. The summed E-state index contributed by atoms with van der Waals surface area (Å²) in [7, 11) is 0. The quantitative estimate of drug-likeness (QED) is 0.0424. The molecule has 2 unspecified atom stereocenters. The maximum Gasteiger partial charge on any atom is 0.220 e. The van der Waals surface area contributed by atoms with Crippen LogP contribution in [-0.2, 0) is 4.79 Å². The zero-order chi connectivity index (χ0) is 41.4. The van der Waals surface area contributed by atoms with Gasteiger partial charge in [-0.05, 0) is 32.1 Å². The third kappa shape index (κ3) is 45.8. The second-order valence-corrected chi connectivity index (χ2v) is 17.9. The summed E-state index contributed by atoms with van der Waals surface area (Å²) < 4.78 is 0. The molecule has 338 valence electrons. The SMILES string of the molecule is CCCCCCCCCCCCCCCCC/C=C/CC/C=C/C(O)C(CO)NC(=O)CCCCCCCCCCCCCCCCCCCCCCCCCC. The van der Waals surface area contributed by atoms with Crippen LogP contribution >= 0.6 is 0 Å². The Morgan fingerprint density at radius 3 is 1.02 bits per heavy atom. The molecular formula is C53H103NO3. The van der Waals surface area contributed by atoms with E-state index in [2.05, 4.69) is 31.3 Å². The summed E-state index contributed by atoms with van der Waals surface area (Å²) in [6.45, 7) is 4.33. The molecule has 0 aliphatic heterocycles. The molecule has 0 spiro atoms. The Kier molecular flexibility index (Phi) is 48.3. The molecule has 0 fully saturated rings. The molecule has 4 heteroatoms. The van der Waals surface area contributed by atoms with E-state index >= 15 is 0 Å². The lowest BCUT2D eigenvalue weighted by Crippen LogP contribution is -2.45. The van der Waals surface area contributed by atoms with E-state index in [0.717, 1.165) is 32.1 Å². The van der Waals surface area contributed by atoms with Gasteiger partial charge in [0, 0.05) is 6.42 Å². The van der Waals surface area contributed by atoms with Crippen molar-refractivity contribution >= 4 is 5.91 Å². The molecule has 3 N–H and O–H groups in total. The Morgan fingerprint density at radius 2 is 0.684 bits per heavy atom. The van der Waals surface area contributed by atoms with E-state index in [1.165, 1.54) is 238 Å². The first-order valence-electron chi connectivity index (χ1n) is 26.1. The molecule has 0 bridgehead atoms. The number of carbonyl (C=O) groups excluding carboxylic acids is 1. The van der Waals surface area contributed by atoms with Crippen molar-refractivity contribution in [3.63, 3.8) is 0 Å². The van der Waals surface area contributed by atoms with Crippen LogP contribution in [0.15, 0.2) is 24.3 Å². The van der Waals surface area contributed by atoms with Crippen LogP contribution in [0.3, 0.4) is 0 Å². The molecule has 0 aromatic rings. The van der Waals surface area contributed by atoms with Gasteiger partial charge in [0.2, 0.25) is 5.91 Å². The van der Waals surface area contributed by atoms with Crippen molar-refractivity contribution in [3.05, 3.63) is 24.3 Å². The van der Waals surface area contributed by atoms with Gasteiger partial charge in [0.05, 0.1) is 18.8 Å². The van der Waals surface area contributed by atoms with Gasteiger partial charge in [-0.25, -0.2) is 0 Å². The van der Waals surface area contributed by atoms with E-state index in [4.69, 9.17) is 0 Å². The summed E-state index contributed by atoms with van der Waals surface area (Å²) in [5.74, 6) is -0.0676. The van der Waals surface area contributed by atoms with Crippen LogP contribution in [0.25, 0.3) is 0 Å². The van der Waals surface area contributed by atoms with E-state index in [1.807, 2.05) is 6.08 Å². The number of unbranched alkanes of at least 4 members (excludes halogenated alkanes) is 39. The summed E-state index contributed by atoms with van der Waals surface area (Å²) in [5, 5.41) is 23.1. The van der Waals surface area contributed by atoms with Crippen LogP contribution in [0.4, 0.5) is 0 Å². The Labute approximate surface area is 358 Å². The predicted octanol–water partition coefficient (Wildman–Crippen LogP) is 16.8. The molecule has 0 aromatic heterocycles. The lowest BCUT2D eigenvalue weighted by Gasteiger charge is -2.19. The lowest BCUT2D eigenvalue weighted by atomic mass is 10.0. The van der Waals surface area contributed by atoms with Crippen LogP contribution in [0.2, 0.25) is 0 Å². The van der Waals surface area contributed by atoms with Gasteiger partial charge in [-0.3, -0.25) is 4.79 Å². The molecule has 0 radical (unpaired) electrons. The highest BCUT2D eigenvalue weighted by molar-refractivity contribution is 5.76. The van der Waals surface area contributed by atoms with Crippen molar-refractivity contribution in [3.8, 4) is 0 Å². The second kappa shape index (κ2) is 49.2. The van der Waals surface area contributed by atoms with E-state index < -0.39 is 12.1 Å². The molecule has 0 saturated carbocycles. The zero-order valence-electron chi connectivity index (χ0n) is 38.9. The highest BCUT2D eigenvalue weighted by Crippen LogP contribution is 2.17. The van der Waals surface area contributed by atoms with E-state index in [-0.39, 0.29) is 12.5 Å². The normalized spacial score (nSPS) is 13.0. The third-order valence-electron chi connectivity index (χ3n) is 12.2. The third-order valence-corrected chi connectivity index (χ3v) is 12.2. The van der Waals surface area contributed by atoms with Crippen LogP contribution < -0.4 is 5.32 Å². The van der Waals surface area contributed by atoms with Gasteiger partial charge in [-0.2, -0.15) is 0 Å². The van der Waals surface area contributed by atoms with E-state index in [9.17, 15) is 15.0 Å². The number of allylic oxidation sites excluding steroid dienone is 3. The minimum Gasteiger partial charge on any atom is -0.394 e. The molecule has 1 amide bonds. The largest absolute Gasteiger partial charge is 0.394 e. The molecule has 4 nitrogen and oxygen atoms in total. The molecule has 0 aliphatic rings. The summed E-state index contributed by atoms with van der Waals surface area (Å²) in [6.07, 6.45) is 64.7. The van der Waals surface area contributed by atoms with Gasteiger partial charge < -0.3 is 15.5 Å². The molecule has 57 heavy (non-hydrogen) atoms. The zero-order valence-corrected chi connectivity index (χ0v) is 38.9. The summed E-state index contributed by atoms with van der Waals surface area (Å²) in [5.41, 5.74) is 0. The summed E-state index contributed by atoms with van der Waals surface area (Å²) >= 11 is 0. The molecular weight excluding hydrogens is 699 g/mol. The highest BCUT2D eigenvalue weighted by Gasteiger charge is 2.17. The van der Waals surface area contributed by atoms with Crippen molar-refractivity contribution in [2.75, 3.05) is 6.61 Å². The standard InChI is InChI=1S/C53H103NO3/c1-3-5-7-9-11-13-15-17-19-21-23-25-26-27-29-31-33-35-37-39-41-43-45-47-49-53(57)54-51(50-55)52(56)48-46-44-42-40-38-36-34-32-30-28-24-22-20-18-16-14-12-10-8-6-4-2/h38,40,46,48,51-52,55-56H,3-37,39,41-45,47,49-50H2,1-2H3,(H,54,57)/b40-38+,48-46+. The maximum atomic E-state index is 12.4. The molecule has 0 saturated heterocycles. The number of hydrogen-bond acceptors (Lipinski definition) is 3. The van der Waals surface area contributed by atoms with Gasteiger partial charge in [-0.15, -0.1) is 0 Å². The number of amides is 1. The van der Waals surface area contributed by atoms with Crippen molar-refractivity contribution < 1.29 is 15.0 Å². The topological polar surface area (TPSA) is 69.6 Å². The Bertz CT molecular complexity index is 825. The number of aliphatic hydroxyl groups is 2. The van der Waals surface area contributed by atoms with Gasteiger partial charge in [0.15, 0.2) is 0 Å². The predicted molar refractivity (Wildman–Crippen MR) is 253 cm³/mol. The first kappa shape index (κ1) is 55.9. The van der Waals surface area contributed by atoms with Gasteiger partial charge in [-0.1, -0.05) is 276 Å². The average Bonchev–Trinajstić information content (AvgIpc) is 3.22. The minimum atomic E-state index is -0.859. The monoisotopic (exact) mass is 802 g/mol. The van der Waals surface area contributed by atoms with Crippen LogP contribution in [0, 0.1) is 0 Å². The molecule has 0 aromatic carbocycles. The summed E-state index contributed by atoms with van der Waals surface area (Å²) in [6, 6.07) is -0.635. The number of nitrogens with one attached hydrogen (secondary N) is 1. The Morgan fingerprint density at radius 1 is 0.404 bits per heavy atom. The molecule has 0 heterocycles. The maximum absolute atomic E-state index is 12.4. The Hall–Kier alpha value is -1.13. The second-order valence-electron chi connectivity index (χ2n) is 17.9. The Balaban J connectivity index is 3.51. The summed E-state index contributed by atoms with van der Waals surface area (Å²) in [4.78, 5) is 12.4. The number of aliphatic hydroxyl groups excluding tert-OH is 2. The van der Waals surface area contributed by atoms with E-state index in [0.29, 0.717) is 6.42 Å². The highest BCUT2D eigenvalue weighted by atomic mass is 16.3. The minimum absolute atomic E-state index is 0.0676. The fourth-order valence-electron chi connectivity index (χ4n) is 8.20. The van der Waals surface area contributed by atoms with Crippen molar-refractivity contribution in [2.45, 2.75) is 302 Å². The van der Waals surface area contributed by atoms with E-state index in [1.54, 1.807) is 6.08 Å². The van der Waals surface area contributed by atoms with Gasteiger partial charge in [0.1, 0.15) is 0 Å². The van der Waals surface area contributed by atoms with Crippen molar-refractivity contribution in [1.82, 2.24) is 5.32 Å². The number of carbonyl (C=O) groups is 1.